The number of hydrogen-bond acceptors (Lipinski definition) is 6. The second kappa shape index (κ2) is 7.21. The van der Waals surface area contributed by atoms with Crippen LogP contribution in [0, 0.1) is 6.92 Å². The van der Waals surface area contributed by atoms with Crippen molar-refractivity contribution in [1.82, 2.24) is 19.3 Å². The summed E-state index contributed by atoms with van der Waals surface area (Å²) in [6.07, 6.45) is 1.55. The van der Waals surface area contributed by atoms with Gasteiger partial charge in [-0.2, -0.15) is 9.78 Å². The van der Waals surface area contributed by atoms with E-state index >= 15 is 0 Å². The number of pyridine rings is 1. The van der Waals surface area contributed by atoms with Crippen LogP contribution in [0.15, 0.2) is 57.9 Å². The topological polar surface area (TPSA) is 88.9 Å². The number of nitrogens with zero attached hydrogens (tertiary/aromatic N) is 4. The first-order chi connectivity index (χ1) is 13.1. The van der Waals surface area contributed by atoms with Gasteiger partial charge in [0.2, 0.25) is 5.13 Å². The zero-order valence-corrected chi connectivity index (χ0v) is 18.1. The van der Waals surface area contributed by atoms with Crippen molar-refractivity contribution in [3.05, 3.63) is 70.5 Å². The van der Waals surface area contributed by atoms with E-state index in [-0.39, 0.29) is 47.5 Å². The molecular weight excluding hydrogens is 387 g/mol. The fraction of sp³-hybridized carbons (Fsp3) is 0.105. The molecule has 0 saturated carbocycles. The molecule has 134 valence electrons. The third-order valence-corrected chi connectivity index (χ3v) is 5.53. The summed E-state index contributed by atoms with van der Waals surface area (Å²) < 4.78 is 9.10. The van der Waals surface area contributed by atoms with E-state index in [0.29, 0.717) is 27.8 Å². The van der Waals surface area contributed by atoms with E-state index in [4.69, 9.17) is 4.42 Å². The van der Waals surface area contributed by atoms with Crippen molar-refractivity contribution in [2.24, 2.45) is 0 Å². The van der Waals surface area contributed by atoms with Crippen LogP contribution < -0.4 is 40.2 Å². The predicted molar refractivity (Wildman–Crippen MR) is 99.6 cm³/mol. The van der Waals surface area contributed by atoms with Gasteiger partial charge in [0.05, 0.1) is 34.3 Å². The molecule has 9 heteroatoms. The van der Waals surface area contributed by atoms with Crippen LogP contribution >= 0.6 is 11.3 Å². The van der Waals surface area contributed by atoms with Gasteiger partial charge >= 0.3 is 29.6 Å². The van der Waals surface area contributed by atoms with E-state index < -0.39 is 0 Å². The summed E-state index contributed by atoms with van der Waals surface area (Å²) in [5.41, 5.74) is 1.88. The van der Waals surface area contributed by atoms with E-state index in [1.165, 1.54) is 26.7 Å². The van der Waals surface area contributed by atoms with Crippen molar-refractivity contribution < 1.29 is 39.1 Å². The number of furan rings is 1. The van der Waals surface area contributed by atoms with Crippen LogP contribution in [0.5, 0.6) is 5.88 Å². The third kappa shape index (κ3) is 2.98. The molecule has 0 N–H and O–H groups in total. The summed E-state index contributed by atoms with van der Waals surface area (Å²) >= 11 is 1.39. The van der Waals surface area contributed by atoms with Gasteiger partial charge in [0.25, 0.3) is 5.56 Å². The first kappa shape index (κ1) is 18.9. The molecule has 0 amide bonds. The molecule has 1 aromatic carbocycles. The Morgan fingerprint density at radius 2 is 2.04 bits per heavy atom. The molecule has 0 fully saturated rings. The van der Waals surface area contributed by atoms with Gasteiger partial charge in [0.15, 0.2) is 0 Å². The molecule has 2 aliphatic heterocycles. The standard InChI is InChI=1S/C19H14N4O3S.Na/c1-11-17-14(9-16(24)22(11)10-12-5-4-8-26-12)21-23(18(17)25)19-20-13-6-2-3-7-15(13)27-19;/h2-9,24H,10H2,1H3;/q;+1/p-1. The molecule has 3 aromatic rings. The Labute approximate surface area is 185 Å². The molecule has 2 aliphatic rings. The van der Waals surface area contributed by atoms with Crippen LogP contribution in [0.2, 0.25) is 0 Å². The second-order valence-electron chi connectivity index (χ2n) is 6.17. The number of fused-ring (bicyclic) bond motifs is 2. The summed E-state index contributed by atoms with van der Waals surface area (Å²) in [7, 11) is 0. The normalized spacial score (nSPS) is 11.2. The summed E-state index contributed by atoms with van der Waals surface area (Å²) in [6.45, 7) is 2.01. The van der Waals surface area contributed by atoms with Crippen molar-refractivity contribution in [3.8, 4) is 22.3 Å². The zero-order valence-electron chi connectivity index (χ0n) is 15.2. The summed E-state index contributed by atoms with van der Waals surface area (Å²) in [5.74, 6) is 0.413. The number of hydrogen-bond donors (Lipinski definition) is 0. The molecule has 28 heavy (non-hydrogen) atoms. The molecule has 5 rings (SSSR count). The summed E-state index contributed by atoms with van der Waals surface area (Å²) in [5, 5.41) is 17.4. The van der Waals surface area contributed by atoms with Crippen molar-refractivity contribution in [2.75, 3.05) is 0 Å². The van der Waals surface area contributed by atoms with Gasteiger partial charge in [-0.25, -0.2) is 4.98 Å². The second-order valence-corrected chi connectivity index (χ2v) is 7.18. The molecule has 0 unspecified atom stereocenters. The fourth-order valence-corrected chi connectivity index (χ4v) is 4.11. The minimum absolute atomic E-state index is 0. The number of thiazole rings is 1. The van der Waals surface area contributed by atoms with Gasteiger partial charge in [0, 0.05) is 5.69 Å². The van der Waals surface area contributed by atoms with Crippen molar-refractivity contribution in [3.63, 3.8) is 0 Å². The van der Waals surface area contributed by atoms with Crippen LogP contribution in [0.1, 0.15) is 11.5 Å². The van der Waals surface area contributed by atoms with E-state index in [1.54, 1.807) is 25.3 Å². The minimum atomic E-state index is -0.283. The maximum Gasteiger partial charge on any atom is 1.00 e. The maximum atomic E-state index is 13.0. The number of benzene rings is 1. The van der Waals surface area contributed by atoms with E-state index in [1.807, 2.05) is 24.3 Å². The maximum absolute atomic E-state index is 13.0. The van der Waals surface area contributed by atoms with Gasteiger partial charge in [-0.15, -0.1) is 0 Å². The Morgan fingerprint density at radius 1 is 1.21 bits per heavy atom. The summed E-state index contributed by atoms with van der Waals surface area (Å²) in [6, 6.07) is 12.6. The Bertz CT molecular complexity index is 1270. The predicted octanol–water partition coefficient (Wildman–Crippen LogP) is -0.224. The molecule has 7 nitrogen and oxygen atoms in total. The van der Waals surface area contributed by atoms with Gasteiger partial charge in [-0.3, -0.25) is 4.79 Å². The zero-order chi connectivity index (χ0) is 18.5. The Kier molecular flexibility index (Phi) is 4.88. The monoisotopic (exact) mass is 400 g/mol. The Hall–Kier alpha value is -2.39. The Balaban J connectivity index is 0.00000192. The van der Waals surface area contributed by atoms with Gasteiger partial charge < -0.3 is 14.1 Å². The van der Waals surface area contributed by atoms with E-state index in [0.717, 1.165) is 10.2 Å². The number of rotatable bonds is 3. The number of para-hydroxylation sites is 1. The molecule has 0 aliphatic carbocycles. The van der Waals surface area contributed by atoms with Gasteiger partial charge in [-0.1, -0.05) is 23.5 Å². The molecular formula is C19H13N4NaO3S. The first-order valence-corrected chi connectivity index (χ1v) is 9.12. The van der Waals surface area contributed by atoms with Crippen LogP contribution in [0.3, 0.4) is 0 Å². The molecule has 0 radical (unpaired) electrons. The minimum Gasteiger partial charge on any atom is -0.860 e. The van der Waals surface area contributed by atoms with Gasteiger partial charge in [0.1, 0.15) is 5.76 Å². The SMILES string of the molecule is Cc1c2c(=O)n(-c3nc4ccccc4s3)nc-2cc([O-])n1Cc1ccco1.[Na+]. The van der Waals surface area contributed by atoms with Crippen LogP contribution in [0.25, 0.3) is 26.6 Å². The first-order valence-electron chi connectivity index (χ1n) is 8.30. The van der Waals surface area contributed by atoms with Crippen molar-refractivity contribution >= 4 is 21.6 Å². The Morgan fingerprint density at radius 3 is 2.79 bits per heavy atom. The molecule has 0 saturated heterocycles. The third-order valence-electron chi connectivity index (χ3n) is 4.52. The summed E-state index contributed by atoms with van der Waals surface area (Å²) in [4.78, 5) is 17.5. The van der Waals surface area contributed by atoms with Crippen LogP contribution in [0.4, 0.5) is 0 Å². The van der Waals surface area contributed by atoms with E-state index in [9.17, 15) is 9.90 Å². The molecule has 0 spiro atoms. The molecule has 0 atom stereocenters. The van der Waals surface area contributed by atoms with Crippen LogP contribution in [-0.4, -0.2) is 19.3 Å². The van der Waals surface area contributed by atoms with Crippen molar-refractivity contribution in [2.45, 2.75) is 13.5 Å². The molecule has 2 aromatic heterocycles. The average Bonchev–Trinajstić information content (AvgIpc) is 3.37. The quantitative estimate of drug-likeness (QED) is 0.391. The van der Waals surface area contributed by atoms with Crippen molar-refractivity contribution in [1.29, 1.82) is 0 Å². The van der Waals surface area contributed by atoms with Crippen LogP contribution in [-0.2, 0) is 6.54 Å². The fourth-order valence-electron chi connectivity index (χ4n) is 3.19. The molecule has 4 heterocycles. The smallest absolute Gasteiger partial charge is 0.860 e. The largest absolute Gasteiger partial charge is 1.00 e. The average molecular weight is 400 g/mol. The van der Waals surface area contributed by atoms with E-state index in [2.05, 4.69) is 10.1 Å². The number of aromatic nitrogens is 4. The molecule has 0 bridgehead atoms. The van der Waals surface area contributed by atoms with Gasteiger partial charge in [-0.05, 0) is 43.1 Å².